The lowest BCUT2D eigenvalue weighted by Gasteiger charge is -2.23. The third-order valence-electron chi connectivity index (χ3n) is 2.96. The molecule has 2 rings (SSSR count). The van der Waals surface area contributed by atoms with Gasteiger partial charge in [0, 0.05) is 18.4 Å². The van der Waals surface area contributed by atoms with Crippen molar-refractivity contribution in [2.75, 3.05) is 23.3 Å². The summed E-state index contributed by atoms with van der Waals surface area (Å²) in [5.41, 5.74) is 2.94. The van der Waals surface area contributed by atoms with E-state index >= 15 is 0 Å². The fourth-order valence-corrected chi connectivity index (χ4v) is 2.29. The van der Waals surface area contributed by atoms with E-state index in [9.17, 15) is 0 Å². The predicted octanol–water partition coefficient (Wildman–Crippen LogP) is 3.55. The van der Waals surface area contributed by atoms with E-state index in [1.165, 1.54) is 0 Å². The molecule has 0 saturated carbocycles. The van der Waals surface area contributed by atoms with E-state index in [-0.39, 0.29) is 0 Å². The predicted molar refractivity (Wildman–Crippen MR) is 80.6 cm³/mol. The molecule has 0 saturated heterocycles. The molecule has 0 aliphatic rings. The summed E-state index contributed by atoms with van der Waals surface area (Å²) in [6.07, 6.45) is 1.11. The molecule has 2 aromatic rings. The normalized spacial score (nSPS) is 10.8. The maximum atomic E-state index is 4.75. The number of halogens is 1. The molecule has 0 spiro atoms. The zero-order chi connectivity index (χ0) is 13.0. The van der Waals surface area contributed by atoms with Crippen LogP contribution < -0.4 is 4.90 Å². The lowest BCUT2D eigenvalue weighted by atomic mass is 10.2. The highest BCUT2D eigenvalue weighted by atomic mass is 79.9. The van der Waals surface area contributed by atoms with Crippen LogP contribution in [0.15, 0.2) is 24.3 Å². The topological polar surface area (TPSA) is 29.0 Å². The van der Waals surface area contributed by atoms with Crippen LogP contribution in [0.1, 0.15) is 19.0 Å². The van der Waals surface area contributed by atoms with Gasteiger partial charge in [-0.05, 0) is 32.4 Å². The Morgan fingerprint density at radius 2 is 1.83 bits per heavy atom. The Kier molecular flexibility index (Phi) is 4.53. The van der Waals surface area contributed by atoms with Gasteiger partial charge in [-0.15, -0.1) is 0 Å². The Hall–Kier alpha value is -1.16. The quantitative estimate of drug-likeness (QED) is 0.791. The SMILES string of the molecule is CCN(CCCBr)c1nc2ccccc2nc1C. The van der Waals surface area contributed by atoms with Gasteiger partial charge in [0.15, 0.2) is 5.82 Å². The maximum Gasteiger partial charge on any atom is 0.150 e. The molecule has 0 atom stereocenters. The lowest BCUT2D eigenvalue weighted by molar-refractivity contribution is 0.780. The molecule has 0 N–H and O–H groups in total. The van der Waals surface area contributed by atoms with Crippen LogP contribution in [0.4, 0.5) is 5.82 Å². The van der Waals surface area contributed by atoms with Crippen LogP contribution in [-0.4, -0.2) is 28.4 Å². The minimum atomic E-state index is 0.959. The van der Waals surface area contributed by atoms with Crippen LogP contribution in [0.2, 0.25) is 0 Å². The largest absolute Gasteiger partial charge is 0.355 e. The van der Waals surface area contributed by atoms with Crippen LogP contribution in [0.25, 0.3) is 11.0 Å². The third-order valence-corrected chi connectivity index (χ3v) is 3.52. The molecule has 18 heavy (non-hydrogen) atoms. The second kappa shape index (κ2) is 6.14. The van der Waals surface area contributed by atoms with Gasteiger partial charge >= 0.3 is 0 Å². The summed E-state index contributed by atoms with van der Waals surface area (Å²) in [7, 11) is 0. The summed E-state index contributed by atoms with van der Waals surface area (Å²) in [6.45, 7) is 6.16. The molecular formula is C14H18BrN3. The Balaban J connectivity index is 2.39. The summed E-state index contributed by atoms with van der Waals surface area (Å²) < 4.78 is 0. The molecule has 0 radical (unpaired) electrons. The first-order valence-electron chi connectivity index (χ1n) is 6.30. The van der Waals surface area contributed by atoms with E-state index in [0.717, 1.165) is 47.4 Å². The monoisotopic (exact) mass is 307 g/mol. The first kappa shape index (κ1) is 13.3. The van der Waals surface area contributed by atoms with Gasteiger partial charge < -0.3 is 4.90 Å². The van der Waals surface area contributed by atoms with Crippen molar-refractivity contribution in [2.24, 2.45) is 0 Å². The van der Waals surface area contributed by atoms with Crippen LogP contribution in [0.3, 0.4) is 0 Å². The Morgan fingerprint density at radius 1 is 1.17 bits per heavy atom. The molecular weight excluding hydrogens is 290 g/mol. The first-order chi connectivity index (χ1) is 8.76. The third kappa shape index (κ3) is 2.80. The van der Waals surface area contributed by atoms with Gasteiger partial charge in [0.2, 0.25) is 0 Å². The summed E-state index contributed by atoms with van der Waals surface area (Å²) in [5, 5.41) is 1.02. The molecule has 96 valence electrons. The van der Waals surface area contributed by atoms with Crippen LogP contribution in [-0.2, 0) is 0 Å². The summed E-state index contributed by atoms with van der Waals surface area (Å²) >= 11 is 3.48. The molecule has 0 aliphatic carbocycles. The maximum absolute atomic E-state index is 4.75. The second-order valence-electron chi connectivity index (χ2n) is 4.24. The molecule has 0 aliphatic heterocycles. The molecule has 0 fully saturated rings. The van der Waals surface area contributed by atoms with Crippen molar-refractivity contribution in [1.29, 1.82) is 0 Å². The fourth-order valence-electron chi connectivity index (χ4n) is 2.04. The zero-order valence-electron chi connectivity index (χ0n) is 10.9. The second-order valence-corrected chi connectivity index (χ2v) is 5.04. The Labute approximate surface area is 116 Å². The smallest absolute Gasteiger partial charge is 0.150 e. The molecule has 1 aromatic heterocycles. The molecule has 1 aromatic carbocycles. The van der Waals surface area contributed by atoms with Gasteiger partial charge in [-0.1, -0.05) is 28.1 Å². The van der Waals surface area contributed by atoms with E-state index in [1.54, 1.807) is 0 Å². The number of fused-ring (bicyclic) bond motifs is 1. The average Bonchev–Trinajstić information content (AvgIpc) is 2.40. The number of hydrogen-bond donors (Lipinski definition) is 0. The number of nitrogens with zero attached hydrogens (tertiary/aromatic N) is 3. The molecule has 4 heteroatoms. The highest BCUT2D eigenvalue weighted by Gasteiger charge is 2.11. The number of rotatable bonds is 5. The van der Waals surface area contributed by atoms with Crippen LogP contribution >= 0.6 is 15.9 Å². The van der Waals surface area contributed by atoms with Crippen molar-refractivity contribution in [3.63, 3.8) is 0 Å². The van der Waals surface area contributed by atoms with Crippen molar-refractivity contribution in [3.8, 4) is 0 Å². The van der Waals surface area contributed by atoms with Crippen LogP contribution in [0.5, 0.6) is 0 Å². The number of alkyl halides is 1. The lowest BCUT2D eigenvalue weighted by Crippen LogP contribution is -2.26. The van der Waals surface area contributed by atoms with Crippen LogP contribution in [0, 0.1) is 6.92 Å². The Morgan fingerprint density at radius 3 is 2.44 bits per heavy atom. The van der Waals surface area contributed by atoms with Gasteiger partial charge in [-0.2, -0.15) is 0 Å². The summed E-state index contributed by atoms with van der Waals surface area (Å²) in [4.78, 5) is 11.7. The number of aromatic nitrogens is 2. The summed E-state index contributed by atoms with van der Waals surface area (Å²) in [6, 6.07) is 8.03. The summed E-state index contributed by atoms with van der Waals surface area (Å²) in [5.74, 6) is 1.01. The zero-order valence-corrected chi connectivity index (χ0v) is 12.4. The molecule has 0 amide bonds. The first-order valence-corrected chi connectivity index (χ1v) is 7.42. The minimum absolute atomic E-state index is 0.959. The minimum Gasteiger partial charge on any atom is -0.355 e. The van der Waals surface area contributed by atoms with E-state index in [4.69, 9.17) is 4.98 Å². The van der Waals surface area contributed by atoms with Gasteiger partial charge in [0.25, 0.3) is 0 Å². The fraction of sp³-hybridized carbons (Fsp3) is 0.429. The van der Waals surface area contributed by atoms with E-state index in [1.807, 2.05) is 31.2 Å². The average molecular weight is 308 g/mol. The molecule has 3 nitrogen and oxygen atoms in total. The van der Waals surface area contributed by atoms with E-state index in [0.29, 0.717) is 0 Å². The number of aryl methyl sites for hydroxylation is 1. The van der Waals surface area contributed by atoms with Crippen molar-refractivity contribution in [3.05, 3.63) is 30.0 Å². The number of para-hydroxylation sites is 2. The number of hydrogen-bond acceptors (Lipinski definition) is 3. The number of anilines is 1. The highest BCUT2D eigenvalue weighted by Crippen LogP contribution is 2.20. The van der Waals surface area contributed by atoms with Gasteiger partial charge in [-0.3, -0.25) is 0 Å². The van der Waals surface area contributed by atoms with Crippen molar-refractivity contribution in [2.45, 2.75) is 20.3 Å². The number of benzene rings is 1. The van der Waals surface area contributed by atoms with Crippen molar-refractivity contribution in [1.82, 2.24) is 9.97 Å². The van der Waals surface area contributed by atoms with Gasteiger partial charge in [0.1, 0.15) is 0 Å². The van der Waals surface area contributed by atoms with Gasteiger partial charge in [-0.25, -0.2) is 9.97 Å². The van der Waals surface area contributed by atoms with Crippen molar-refractivity contribution < 1.29 is 0 Å². The molecule has 1 heterocycles. The highest BCUT2D eigenvalue weighted by molar-refractivity contribution is 9.09. The molecule has 0 bridgehead atoms. The standard InChI is InChI=1S/C14H18BrN3/c1-3-18(10-6-9-15)14-11(2)16-12-7-4-5-8-13(12)17-14/h4-5,7-8H,3,6,9-10H2,1-2H3. The Bertz CT molecular complexity index is 527. The van der Waals surface area contributed by atoms with E-state index < -0.39 is 0 Å². The molecule has 0 unspecified atom stereocenters. The van der Waals surface area contributed by atoms with Crippen molar-refractivity contribution >= 4 is 32.8 Å². The van der Waals surface area contributed by atoms with Gasteiger partial charge in [0.05, 0.1) is 16.7 Å². The van der Waals surface area contributed by atoms with E-state index in [2.05, 4.69) is 32.7 Å².